The van der Waals surface area contributed by atoms with Gasteiger partial charge >= 0.3 is 0 Å². The van der Waals surface area contributed by atoms with Crippen LogP contribution in [0.4, 0.5) is 0 Å². The van der Waals surface area contributed by atoms with Crippen molar-refractivity contribution in [3.63, 3.8) is 0 Å². The first kappa shape index (κ1) is 22.0. The zero-order valence-corrected chi connectivity index (χ0v) is 19.7. The van der Waals surface area contributed by atoms with Crippen LogP contribution in [0.25, 0.3) is 0 Å². The summed E-state index contributed by atoms with van der Waals surface area (Å²) in [5.74, 6) is 1.82. The highest BCUT2D eigenvalue weighted by Crippen LogP contribution is 2.51. The monoisotopic (exact) mass is 404 g/mol. The second-order valence-corrected chi connectivity index (χ2v) is 11.3. The molecule has 0 N–H and O–H groups in total. The van der Waals surface area contributed by atoms with Gasteiger partial charge < -0.3 is 19.6 Å². The summed E-state index contributed by atoms with van der Waals surface area (Å²) in [4.78, 5) is 11.0. The number of likely N-dealkylation sites (tertiary alicyclic amines) is 2. The van der Waals surface area contributed by atoms with Crippen molar-refractivity contribution in [1.29, 1.82) is 0 Å². The minimum atomic E-state index is 0.710. The van der Waals surface area contributed by atoms with Crippen LogP contribution in [0, 0.1) is 17.3 Å². The molecule has 4 fully saturated rings. The van der Waals surface area contributed by atoms with Crippen LogP contribution in [0.2, 0.25) is 0 Å². The third kappa shape index (κ3) is 6.18. The van der Waals surface area contributed by atoms with Crippen molar-refractivity contribution in [3.05, 3.63) is 0 Å². The SMILES string of the molecule is CCN1CCN(CC2CCN(C3CCN(CC4(CC(C)C)CC4)CC3)CC2)CC1. The maximum atomic E-state index is 2.86. The summed E-state index contributed by atoms with van der Waals surface area (Å²) in [6, 6.07) is 0.876. The molecule has 0 aromatic rings. The lowest BCUT2D eigenvalue weighted by Gasteiger charge is -2.43. The molecule has 0 amide bonds. The van der Waals surface area contributed by atoms with Crippen molar-refractivity contribution < 1.29 is 0 Å². The Morgan fingerprint density at radius 1 is 0.759 bits per heavy atom. The molecule has 168 valence electrons. The second kappa shape index (κ2) is 9.97. The Labute approximate surface area is 181 Å². The van der Waals surface area contributed by atoms with Crippen molar-refractivity contribution >= 4 is 0 Å². The molecule has 3 saturated heterocycles. The van der Waals surface area contributed by atoms with Gasteiger partial charge in [-0.3, -0.25) is 0 Å². The second-order valence-electron chi connectivity index (χ2n) is 11.3. The largest absolute Gasteiger partial charge is 0.303 e. The van der Waals surface area contributed by atoms with Crippen LogP contribution in [-0.4, -0.2) is 97.6 Å². The van der Waals surface area contributed by atoms with E-state index in [1.54, 1.807) is 0 Å². The highest BCUT2D eigenvalue weighted by molar-refractivity contribution is 4.97. The van der Waals surface area contributed by atoms with Gasteiger partial charge in [0.2, 0.25) is 0 Å². The van der Waals surface area contributed by atoms with Gasteiger partial charge in [0, 0.05) is 45.3 Å². The number of likely N-dealkylation sites (N-methyl/N-ethyl adjacent to an activating group) is 1. The van der Waals surface area contributed by atoms with E-state index in [1.807, 2.05) is 0 Å². The van der Waals surface area contributed by atoms with Crippen molar-refractivity contribution in [3.8, 4) is 0 Å². The molecule has 4 aliphatic rings. The Balaban J connectivity index is 1.12. The molecule has 0 aromatic heterocycles. The standard InChI is InChI=1S/C25H48N4/c1-4-26-15-17-27(18-16-26)20-23-5-13-29(14-6-23)24-7-11-28(12-8-24)21-25(9-10-25)19-22(2)3/h22-24H,4-21H2,1-3H3. The average Bonchev–Trinajstić information content (AvgIpc) is 3.48. The summed E-state index contributed by atoms with van der Waals surface area (Å²) in [6.07, 6.45) is 10.1. The Morgan fingerprint density at radius 2 is 1.38 bits per heavy atom. The summed E-state index contributed by atoms with van der Waals surface area (Å²) < 4.78 is 0. The van der Waals surface area contributed by atoms with Crippen molar-refractivity contribution in [2.45, 2.75) is 71.8 Å². The molecular weight excluding hydrogens is 356 g/mol. The highest BCUT2D eigenvalue weighted by Gasteiger charge is 2.44. The summed E-state index contributed by atoms with van der Waals surface area (Å²) in [5.41, 5.74) is 0.710. The van der Waals surface area contributed by atoms with Gasteiger partial charge in [-0.05, 0) is 94.9 Å². The molecule has 0 spiro atoms. The fourth-order valence-corrected chi connectivity index (χ4v) is 6.54. The first-order valence-electron chi connectivity index (χ1n) is 13.0. The van der Waals surface area contributed by atoms with Crippen molar-refractivity contribution in [2.75, 3.05) is 72.0 Å². The predicted molar refractivity (Wildman–Crippen MR) is 123 cm³/mol. The topological polar surface area (TPSA) is 13.0 Å². The lowest BCUT2D eigenvalue weighted by Crippen LogP contribution is -2.51. The summed E-state index contributed by atoms with van der Waals surface area (Å²) >= 11 is 0. The van der Waals surface area contributed by atoms with Crippen LogP contribution in [0.3, 0.4) is 0 Å². The lowest BCUT2D eigenvalue weighted by atomic mass is 9.91. The minimum Gasteiger partial charge on any atom is -0.303 e. The number of rotatable bonds is 8. The molecule has 3 aliphatic heterocycles. The lowest BCUT2D eigenvalue weighted by molar-refractivity contribution is 0.0543. The molecule has 0 radical (unpaired) electrons. The van der Waals surface area contributed by atoms with E-state index >= 15 is 0 Å². The molecule has 0 atom stereocenters. The molecule has 4 nitrogen and oxygen atoms in total. The molecule has 3 heterocycles. The van der Waals surface area contributed by atoms with Gasteiger partial charge in [-0.1, -0.05) is 20.8 Å². The Kier molecular flexibility index (Phi) is 7.58. The molecule has 4 heteroatoms. The van der Waals surface area contributed by atoms with Gasteiger partial charge in [-0.15, -0.1) is 0 Å². The summed E-state index contributed by atoms with van der Waals surface area (Å²) in [6.45, 7) is 21.7. The molecule has 1 aliphatic carbocycles. The smallest absolute Gasteiger partial charge is 0.0120 e. The molecule has 0 bridgehead atoms. The zero-order valence-electron chi connectivity index (χ0n) is 19.7. The maximum absolute atomic E-state index is 2.86. The molecular formula is C25H48N4. The van der Waals surface area contributed by atoms with Gasteiger partial charge in [0.1, 0.15) is 0 Å². The Hall–Kier alpha value is -0.160. The molecule has 0 aromatic carbocycles. The molecule has 29 heavy (non-hydrogen) atoms. The van der Waals surface area contributed by atoms with Gasteiger partial charge in [0.15, 0.2) is 0 Å². The first-order valence-corrected chi connectivity index (χ1v) is 13.0. The van der Waals surface area contributed by atoms with Crippen LogP contribution in [0.5, 0.6) is 0 Å². The minimum absolute atomic E-state index is 0.710. The fourth-order valence-electron chi connectivity index (χ4n) is 6.54. The average molecular weight is 405 g/mol. The van der Waals surface area contributed by atoms with Crippen LogP contribution >= 0.6 is 0 Å². The normalized spacial score (nSPS) is 29.0. The number of nitrogens with zero attached hydrogens (tertiary/aromatic N) is 4. The maximum Gasteiger partial charge on any atom is 0.0120 e. The van der Waals surface area contributed by atoms with E-state index in [0.717, 1.165) is 17.9 Å². The number of hydrogen-bond donors (Lipinski definition) is 0. The number of piperidine rings is 2. The van der Waals surface area contributed by atoms with E-state index < -0.39 is 0 Å². The van der Waals surface area contributed by atoms with E-state index in [1.165, 1.54) is 117 Å². The van der Waals surface area contributed by atoms with E-state index in [9.17, 15) is 0 Å². The van der Waals surface area contributed by atoms with Crippen LogP contribution < -0.4 is 0 Å². The zero-order chi connectivity index (χ0) is 20.3. The fraction of sp³-hybridized carbons (Fsp3) is 1.00. The molecule has 4 rings (SSSR count). The predicted octanol–water partition coefficient (Wildman–Crippen LogP) is 3.63. The van der Waals surface area contributed by atoms with Crippen molar-refractivity contribution in [1.82, 2.24) is 19.6 Å². The van der Waals surface area contributed by atoms with Gasteiger partial charge in [0.05, 0.1) is 0 Å². The molecule has 0 unspecified atom stereocenters. The van der Waals surface area contributed by atoms with Gasteiger partial charge in [-0.25, -0.2) is 0 Å². The molecule has 1 saturated carbocycles. The van der Waals surface area contributed by atoms with Crippen LogP contribution in [0.15, 0.2) is 0 Å². The van der Waals surface area contributed by atoms with Crippen LogP contribution in [0.1, 0.15) is 65.7 Å². The van der Waals surface area contributed by atoms with Crippen molar-refractivity contribution in [2.24, 2.45) is 17.3 Å². The summed E-state index contributed by atoms with van der Waals surface area (Å²) in [7, 11) is 0. The first-order chi connectivity index (χ1) is 14.0. The van der Waals surface area contributed by atoms with Gasteiger partial charge in [-0.2, -0.15) is 0 Å². The van der Waals surface area contributed by atoms with E-state index in [0.29, 0.717) is 5.41 Å². The van der Waals surface area contributed by atoms with E-state index in [-0.39, 0.29) is 0 Å². The Morgan fingerprint density at radius 3 is 1.93 bits per heavy atom. The van der Waals surface area contributed by atoms with E-state index in [2.05, 4.69) is 40.4 Å². The quantitative estimate of drug-likeness (QED) is 0.612. The third-order valence-electron chi connectivity index (χ3n) is 8.51. The van der Waals surface area contributed by atoms with Crippen LogP contribution in [-0.2, 0) is 0 Å². The number of hydrogen-bond acceptors (Lipinski definition) is 4. The Bertz CT molecular complexity index is 479. The highest BCUT2D eigenvalue weighted by atomic mass is 15.3. The van der Waals surface area contributed by atoms with Gasteiger partial charge in [0.25, 0.3) is 0 Å². The number of piperazine rings is 1. The van der Waals surface area contributed by atoms with E-state index in [4.69, 9.17) is 0 Å². The summed E-state index contributed by atoms with van der Waals surface area (Å²) in [5, 5.41) is 0. The third-order valence-corrected chi connectivity index (χ3v) is 8.51.